The van der Waals surface area contributed by atoms with Crippen molar-refractivity contribution >= 4 is 28.6 Å². The third kappa shape index (κ3) is 5.54. The Labute approximate surface area is 152 Å². The van der Waals surface area contributed by atoms with Crippen molar-refractivity contribution in [1.29, 1.82) is 0 Å². The van der Waals surface area contributed by atoms with Crippen molar-refractivity contribution in [3.63, 3.8) is 0 Å². The van der Waals surface area contributed by atoms with Crippen LogP contribution in [0.25, 0.3) is 5.57 Å². The largest absolute Gasteiger partial charge is 0.352 e. The Kier molecular flexibility index (Phi) is 6.55. The maximum absolute atomic E-state index is 14.0. The highest BCUT2D eigenvalue weighted by Gasteiger charge is 2.18. The molecule has 0 aliphatic heterocycles. The molecule has 1 amide bonds. The van der Waals surface area contributed by atoms with Crippen LogP contribution in [0.15, 0.2) is 54.6 Å². The van der Waals surface area contributed by atoms with Gasteiger partial charge in [-0.25, -0.2) is 4.39 Å². The molecule has 0 radical (unpaired) electrons. The molecular weight excluding hydrogens is 331 g/mol. The minimum absolute atomic E-state index is 0.0457. The van der Waals surface area contributed by atoms with Crippen LogP contribution in [0.2, 0.25) is 0 Å². The summed E-state index contributed by atoms with van der Waals surface area (Å²) in [6, 6.07) is 15.3. The summed E-state index contributed by atoms with van der Waals surface area (Å²) in [6.07, 6.45) is 2.30. The van der Waals surface area contributed by atoms with Crippen LogP contribution in [0.4, 0.5) is 4.39 Å². The molecule has 0 bridgehead atoms. The van der Waals surface area contributed by atoms with Crippen LogP contribution < -0.4 is 5.32 Å². The number of halogens is 1. The average Bonchev–Trinajstić information content (AvgIpc) is 2.58. The molecule has 2 rings (SSSR count). The van der Waals surface area contributed by atoms with Crippen LogP contribution in [-0.2, 0) is 16.6 Å². The molecule has 25 heavy (non-hydrogen) atoms. The van der Waals surface area contributed by atoms with Gasteiger partial charge in [-0.05, 0) is 41.7 Å². The monoisotopic (exact) mass is 355 g/mol. The highest BCUT2D eigenvalue weighted by Crippen LogP contribution is 2.29. The Balaban J connectivity index is 2.00. The van der Waals surface area contributed by atoms with E-state index in [0.717, 1.165) is 22.3 Å². The lowest BCUT2D eigenvalue weighted by Crippen LogP contribution is -2.23. The van der Waals surface area contributed by atoms with Crippen molar-refractivity contribution in [3.8, 4) is 0 Å². The van der Waals surface area contributed by atoms with Crippen LogP contribution in [0, 0.1) is 6.92 Å². The van der Waals surface area contributed by atoms with E-state index in [-0.39, 0.29) is 5.91 Å². The van der Waals surface area contributed by atoms with E-state index in [2.05, 4.69) is 14.6 Å². The number of rotatable bonds is 6. The Morgan fingerprint density at radius 3 is 2.64 bits per heavy atom. The number of allylic oxidation sites excluding steroid dienone is 1. The van der Waals surface area contributed by atoms with Crippen LogP contribution >= 0.6 is 9.24 Å². The summed E-state index contributed by atoms with van der Waals surface area (Å²) in [5.74, 6) is -0.0457. The molecule has 2 aromatic carbocycles. The molecule has 5 heteroatoms. The molecule has 2 aromatic rings. The van der Waals surface area contributed by atoms with Gasteiger partial charge in [0.25, 0.3) is 0 Å². The summed E-state index contributed by atoms with van der Waals surface area (Å²) in [4.78, 5) is 12.3. The topological polar surface area (TPSA) is 29.1 Å². The number of alkyl halides is 1. The molecule has 1 N–H and O–H groups in total. The van der Waals surface area contributed by atoms with Crippen molar-refractivity contribution in [2.75, 3.05) is 0 Å². The zero-order valence-electron chi connectivity index (χ0n) is 15.0. The van der Waals surface area contributed by atoms with Gasteiger partial charge in [0.2, 0.25) is 5.91 Å². The molecule has 0 aliphatic carbocycles. The number of hydrogen-bond acceptors (Lipinski definition) is 1. The van der Waals surface area contributed by atoms with Gasteiger partial charge < -0.3 is 5.32 Å². The molecule has 0 heterocycles. The summed E-state index contributed by atoms with van der Waals surface area (Å²) >= 11 is 0. The van der Waals surface area contributed by atoms with Crippen LogP contribution in [0.1, 0.15) is 35.6 Å². The van der Waals surface area contributed by atoms with E-state index in [1.54, 1.807) is 12.1 Å². The second kappa shape index (κ2) is 8.44. The molecule has 0 fully saturated rings. The maximum atomic E-state index is 14.0. The van der Waals surface area contributed by atoms with E-state index in [9.17, 15) is 9.18 Å². The summed E-state index contributed by atoms with van der Waals surface area (Å²) in [5, 5.41) is 1.45. The van der Waals surface area contributed by atoms with E-state index in [1.807, 2.05) is 56.3 Å². The zero-order valence-corrected chi connectivity index (χ0v) is 16.1. The van der Waals surface area contributed by atoms with E-state index >= 15 is 0 Å². The fourth-order valence-corrected chi connectivity index (χ4v) is 2.89. The predicted molar refractivity (Wildman–Crippen MR) is 109 cm³/mol. The fourth-order valence-electron chi connectivity index (χ4n) is 2.71. The predicted octanol–water partition coefficient (Wildman–Crippen LogP) is 3.69. The third-order valence-corrected chi connectivity index (χ3v) is 4.50. The lowest BCUT2D eigenvalue weighted by Gasteiger charge is -2.16. The van der Waals surface area contributed by atoms with Gasteiger partial charge in [-0.3, -0.25) is 4.79 Å². The lowest BCUT2D eigenvalue weighted by molar-refractivity contribution is -0.120. The first-order chi connectivity index (χ1) is 11.8. The maximum Gasteiger partial charge on any atom is 0.224 e. The highest BCUT2D eigenvalue weighted by molar-refractivity contribution is 7.21. The smallest absolute Gasteiger partial charge is 0.224 e. The van der Waals surface area contributed by atoms with Gasteiger partial charge in [-0.1, -0.05) is 54.6 Å². The van der Waals surface area contributed by atoms with Crippen LogP contribution in [-0.4, -0.2) is 13.8 Å². The second-order valence-corrected chi connectivity index (χ2v) is 7.44. The number of carbonyl (C=O) groups is 1. The standard InChI is InChI=1S/C20H24BFNOP/c1-3-16(18-10-5-4-7-14(18)2)12-19(24)23-13-15-8-6-9-17(11-15)20(21,22)25/h3-11H,12-13,21,25H2,1-2H3,(H,23,24)/b16-3-. The zero-order chi connectivity index (χ0) is 18.4. The Hall–Kier alpha value is -1.93. The normalized spacial score (nSPS) is 14.0. The van der Waals surface area contributed by atoms with Gasteiger partial charge in [0.1, 0.15) is 5.31 Å². The molecule has 0 spiro atoms. The van der Waals surface area contributed by atoms with Crippen LogP contribution in [0.3, 0.4) is 0 Å². The SMILES string of the molecule is BC(F)(P)c1cccc(CNC(=O)C/C(=C/C)c2ccccc2C)c1. The number of carbonyl (C=O) groups excluding carboxylic acids is 1. The van der Waals surface area contributed by atoms with Gasteiger partial charge in [-0.15, -0.1) is 9.24 Å². The first-order valence-electron chi connectivity index (χ1n) is 8.36. The minimum Gasteiger partial charge on any atom is -0.352 e. The van der Waals surface area contributed by atoms with Gasteiger partial charge in [-0.2, -0.15) is 0 Å². The number of nitrogens with one attached hydrogen (secondary N) is 1. The van der Waals surface area contributed by atoms with Crippen LogP contribution in [0.5, 0.6) is 0 Å². The van der Waals surface area contributed by atoms with Crippen molar-refractivity contribution in [2.45, 2.75) is 32.1 Å². The molecule has 0 saturated carbocycles. The molecule has 0 aromatic heterocycles. The average molecular weight is 355 g/mol. The first kappa shape index (κ1) is 19.4. The highest BCUT2D eigenvalue weighted by atomic mass is 31.0. The van der Waals surface area contributed by atoms with E-state index < -0.39 is 5.31 Å². The Morgan fingerprint density at radius 1 is 1.28 bits per heavy atom. The molecule has 0 saturated heterocycles. The molecule has 2 unspecified atom stereocenters. The second-order valence-electron chi connectivity index (χ2n) is 6.36. The van der Waals surface area contributed by atoms with E-state index in [4.69, 9.17) is 0 Å². The molecule has 0 aliphatic rings. The number of hydrogen-bond donors (Lipinski definition) is 1. The minimum atomic E-state index is -1.47. The molecule has 2 atom stereocenters. The lowest BCUT2D eigenvalue weighted by atomic mass is 9.91. The van der Waals surface area contributed by atoms with Crippen molar-refractivity contribution in [2.24, 2.45) is 0 Å². The Bertz CT molecular complexity index is 783. The van der Waals surface area contributed by atoms with Gasteiger partial charge in [0, 0.05) is 6.54 Å². The Morgan fingerprint density at radius 2 is 2.00 bits per heavy atom. The summed E-state index contributed by atoms with van der Waals surface area (Å²) in [5.41, 5.74) is 4.72. The van der Waals surface area contributed by atoms with Crippen molar-refractivity contribution in [1.82, 2.24) is 5.32 Å². The summed E-state index contributed by atoms with van der Waals surface area (Å²) < 4.78 is 14.0. The third-order valence-electron chi connectivity index (χ3n) is 4.17. The van der Waals surface area contributed by atoms with E-state index in [0.29, 0.717) is 18.5 Å². The van der Waals surface area contributed by atoms with E-state index in [1.165, 1.54) is 7.85 Å². The van der Waals surface area contributed by atoms with Gasteiger partial charge in [0.15, 0.2) is 7.85 Å². The van der Waals surface area contributed by atoms with Gasteiger partial charge in [0.05, 0.1) is 6.42 Å². The van der Waals surface area contributed by atoms with Crippen molar-refractivity contribution < 1.29 is 9.18 Å². The van der Waals surface area contributed by atoms with Crippen molar-refractivity contribution in [3.05, 3.63) is 76.9 Å². The fraction of sp³-hybridized carbons (Fsp3) is 0.250. The molecule has 130 valence electrons. The number of amides is 1. The first-order valence-corrected chi connectivity index (χ1v) is 8.94. The summed E-state index contributed by atoms with van der Waals surface area (Å²) in [7, 11) is 3.69. The number of aryl methyl sites for hydroxylation is 1. The number of benzene rings is 2. The van der Waals surface area contributed by atoms with Gasteiger partial charge >= 0.3 is 0 Å². The molecular formula is C20H24BFNOP. The summed E-state index contributed by atoms with van der Waals surface area (Å²) in [6.45, 7) is 4.37. The molecule has 2 nitrogen and oxygen atoms in total. The quantitative estimate of drug-likeness (QED) is 0.622.